The maximum Gasteiger partial charge on any atom is 0.254 e. The van der Waals surface area contributed by atoms with Crippen molar-refractivity contribution < 1.29 is 4.79 Å². The number of hydrogen-bond acceptors (Lipinski definition) is 6. The number of carbonyl (C=O) groups is 1. The summed E-state index contributed by atoms with van der Waals surface area (Å²) in [7, 11) is 0. The van der Waals surface area contributed by atoms with E-state index < -0.39 is 0 Å². The molecule has 7 heteroatoms. The number of hydrogen-bond donors (Lipinski definition) is 0. The minimum Gasteiger partial charge on any atom is -0.354 e. The van der Waals surface area contributed by atoms with Crippen LogP contribution in [-0.4, -0.2) is 47.0 Å². The smallest absolute Gasteiger partial charge is 0.254 e. The zero-order chi connectivity index (χ0) is 15.6. The first kappa shape index (κ1) is 14.6. The molecule has 3 aromatic heterocycles. The highest BCUT2D eigenvalue weighted by Gasteiger charge is 2.22. The van der Waals surface area contributed by atoms with Gasteiger partial charge in [-0.1, -0.05) is 0 Å². The van der Waals surface area contributed by atoms with Gasteiger partial charge >= 0.3 is 0 Å². The normalized spacial score (nSPS) is 15.8. The van der Waals surface area contributed by atoms with E-state index in [2.05, 4.69) is 20.9 Å². The molecule has 23 heavy (non-hydrogen) atoms. The zero-order valence-electron chi connectivity index (χ0n) is 12.5. The van der Waals surface area contributed by atoms with Gasteiger partial charge < -0.3 is 9.80 Å². The molecule has 0 aromatic carbocycles. The van der Waals surface area contributed by atoms with Crippen molar-refractivity contribution in [2.75, 3.05) is 31.1 Å². The molecule has 1 aliphatic rings. The number of nitrogens with zero attached hydrogens (tertiary/aromatic N) is 4. The Morgan fingerprint density at radius 3 is 2.91 bits per heavy atom. The number of thiophene rings is 2. The Bertz CT molecular complexity index is 814. The van der Waals surface area contributed by atoms with Gasteiger partial charge in [0.1, 0.15) is 17.0 Å². The van der Waals surface area contributed by atoms with Crippen molar-refractivity contribution in [3.05, 3.63) is 40.2 Å². The second-order valence-electron chi connectivity index (χ2n) is 5.48. The molecule has 0 atom stereocenters. The summed E-state index contributed by atoms with van der Waals surface area (Å²) < 4.78 is 0. The fourth-order valence-corrected chi connectivity index (χ4v) is 4.29. The van der Waals surface area contributed by atoms with Crippen LogP contribution in [0.2, 0.25) is 0 Å². The van der Waals surface area contributed by atoms with Crippen LogP contribution in [0.3, 0.4) is 0 Å². The monoisotopic (exact) mass is 344 g/mol. The van der Waals surface area contributed by atoms with Gasteiger partial charge in [-0.05, 0) is 29.3 Å². The highest BCUT2D eigenvalue weighted by atomic mass is 32.1. The minimum atomic E-state index is 0.136. The second-order valence-corrected chi connectivity index (χ2v) is 7.16. The van der Waals surface area contributed by atoms with E-state index >= 15 is 0 Å². The van der Waals surface area contributed by atoms with E-state index in [1.165, 1.54) is 0 Å². The second kappa shape index (κ2) is 6.25. The molecule has 0 aliphatic carbocycles. The third kappa shape index (κ3) is 2.82. The number of amides is 1. The van der Waals surface area contributed by atoms with Crippen LogP contribution in [-0.2, 0) is 0 Å². The lowest BCUT2D eigenvalue weighted by Gasteiger charge is -2.23. The maximum absolute atomic E-state index is 12.5. The quantitative estimate of drug-likeness (QED) is 0.717. The minimum absolute atomic E-state index is 0.136. The van der Waals surface area contributed by atoms with Crippen LogP contribution in [0.15, 0.2) is 34.6 Å². The summed E-state index contributed by atoms with van der Waals surface area (Å²) in [6.07, 6.45) is 2.58. The van der Waals surface area contributed by atoms with Gasteiger partial charge in [0.25, 0.3) is 5.91 Å². The summed E-state index contributed by atoms with van der Waals surface area (Å²) >= 11 is 3.20. The van der Waals surface area contributed by atoms with Crippen molar-refractivity contribution in [2.45, 2.75) is 6.42 Å². The molecule has 118 valence electrons. The molecule has 1 saturated heterocycles. The summed E-state index contributed by atoms with van der Waals surface area (Å²) in [5.74, 6) is 1.12. The lowest BCUT2D eigenvalue weighted by molar-refractivity contribution is 0.0767. The summed E-state index contributed by atoms with van der Waals surface area (Å²) in [4.78, 5) is 26.6. The molecule has 5 nitrogen and oxygen atoms in total. The fourth-order valence-electron chi connectivity index (χ4n) is 2.93. The average molecular weight is 344 g/mol. The average Bonchev–Trinajstić information content (AvgIpc) is 3.21. The molecule has 0 unspecified atom stereocenters. The highest BCUT2D eigenvalue weighted by molar-refractivity contribution is 7.16. The topological polar surface area (TPSA) is 49.3 Å². The molecule has 1 amide bonds. The first-order chi connectivity index (χ1) is 11.3. The Hall–Kier alpha value is -1.99. The molecule has 0 radical (unpaired) electrons. The van der Waals surface area contributed by atoms with Crippen LogP contribution in [0.5, 0.6) is 0 Å². The maximum atomic E-state index is 12.5. The van der Waals surface area contributed by atoms with Crippen molar-refractivity contribution in [2.24, 2.45) is 0 Å². The Labute approximate surface area is 142 Å². The van der Waals surface area contributed by atoms with Crippen LogP contribution in [0.4, 0.5) is 5.82 Å². The van der Waals surface area contributed by atoms with Gasteiger partial charge in [0.15, 0.2) is 0 Å². The van der Waals surface area contributed by atoms with Crippen molar-refractivity contribution >= 4 is 44.6 Å². The van der Waals surface area contributed by atoms with Crippen LogP contribution in [0.25, 0.3) is 10.2 Å². The van der Waals surface area contributed by atoms with Crippen LogP contribution in [0.1, 0.15) is 16.8 Å². The van der Waals surface area contributed by atoms with Crippen LogP contribution >= 0.6 is 22.7 Å². The van der Waals surface area contributed by atoms with E-state index in [9.17, 15) is 4.79 Å². The van der Waals surface area contributed by atoms with Gasteiger partial charge in [-0.25, -0.2) is 9.97 Å². The van der Waals surface area contributed by atoms with Gasteiger partial charge in [0.2, 0.25) is 0 Å². The van der Waals surface area contributed by atoms with Crippen LogP contribution in [0, 0.1) is 0 Å². The lowest BCUT2D eigenvalue weighted by atomic mass is 10.3. The lowest BCUT2D eigenvalue weighted by Crippen LogP contribution is -2.35. The van der Waals surface area contributed by atoms with E-state index in [1.807, 2.05) is 27.1 Å². The predicted molar refractivity (Wildman–Crippen MR) is 94.5 cm³/mol. The third-order valence-corrected chi connectivity index (χ3v) is 5.60. The Balaban J connectivity index is 1.53. The molecule has 3 aromatic rings. The van der Waals surface area contributed by atoms with Crippen molar-refractivity contribution in [1.82, 2.24) is 14.9 Å². The van der Waals surface area contributed by atoms with Gasteiger partial charge in [-0.3, -0.25) is 4.79 Å². The molecular formula is C16H16N4OS2. The molecule has 4 heterocycles. The van der Waals surface area contributed by atoms with Gasteiger partial charge in [0, 0.05) is 31.6 Å². The molecule has 0 saturated carbocycles. The van der Waals surface area contributed by atoms with Crippen molar-refractivity contribution in [3.63, 3.8) is 0 Å². The van der Waals surface area contributed by atoms with Crippen molar-refractivity contribution in [1.29, 1.82) is 0 Å². The van der Waals surface area contributed by atoms with Crippen LogP contribution < -0.4 is 4.90 Å². The van der Waals surface area contributed by atoms with E-state index in [1.54, 1.807) is 29.0 Å². The summed E-state index contributed by atoms with van der Waals surface area (Å²) in [5, 5.41) is 7.03. The Kier molecular flexibility index (Phi) is 3.97. The molecule has 0 spiro atoms. The third-order valence-electron chi connectivity index (χ3n) is 4.09. The number of aromatic nitrogens is 2. The largest absolute Gasteiger partial charge is 0.354 e. The Morgan fingerprint density at radius 2 is 2.04 bits per heavy atom. The molecule has 4 rings (SSSR count). The van der Waals surface area contributed by atoms with E-state index in [0.29, 0.717) is 0 Å². The van der Waals surface area contributed by atoms with Gasteiger partial charge in [-0.2, -0.15) is 11.3 Å². The molecule has 1 fully saturated rings. The fraction of sp³-hybridized carbons (Fsp3) is 0.312. The predicted octanol–water partition coefficient (Wildman–Crippen LogP) is 3.11. The molecule has 1 aliphatic heterocycles. The van der Waals surface area contributed by atoms with E-state index in [-0.39, 0.29) is 5.91 Å². The van der Waals surface area contributed by atoms with Gasteiger partial charge in [0.05, 0.1) is 10.9 Å². The number of fused-ring (bicyclic) bond motifs is 1. The van der Waals surface area contributed by atoms with Crippen molar-refractivity contribution in [3.8, 4) is 0 Å². The first-order valence-electron chi connectivity index (χ1n) is 7.57. The first-order valence-corrected chi connectivity index (χ1v) is 9.40. The molecular weight excluding hydrogens is 328 g/mol. The summed E-state index contributed by atoms with van der Waals surface area (Å²) in [5.41, 5.74) is 0.797. The number of carbonyl (C=O) groups excluding carboxylic acids is 1. The SMILES string of the molecule is O=C(c1ccsc1)N1CCCN(c2ncnc3sccc23)CC1. The highest BCUT2D eigenvalue weighted by Crippen LogP contribution is 2.27. The Morgan fingerprint density at radius 1 is 1.09 bits per heavy atom. The summed E-state index contributed by atoms with van der Waals surface area (Å²) in [6, 6.07) is 3.98. The molecule has 0 N–H and O–H groups in total. The van der Waals surface area contributed by atoms with E-state index in [0.717, 1.165) is 54.2 Å². The number of anilines is 1. The number of rotatable bonds is 2. The zero-order valence-corrected chi connectivity index (χ0v) is 14.1. The van der Waals surface area contributed by atoms with E-state index in [4.69, 9.17) is 0 Å². The summed E-state index contributed by atoms with van der Waals surface area (Å²) in [6.45, 7) is 3.24. The van der Waals surface area contributed by atoms with Gasteiger partial charge in [-0.15, -0.1) is 11.3 Å². The standard InChI is InChI=1S/C16H16N4OS2/c21-16(12-2-8-22-10-12)20-5-1-4-19(6-7-20)14-13-3-9-23-15(13)18-11-17-14/h2-3,8-11H,1,4-7H2. The molecule has 0 bridgehead atoms.